The first-order valence-corrected chi connectivity index (χ1v) is 8.79. The van der Waals surface area contributed by atoms with Crippen LogP contribution in [0, 0.1) is 6.92 Å². The van der Waals surface area contributed by atoms with Crippen LogP contribution in [0.25, 0.3) is 0 Å². The summed E-state index contributed by atoms with van der Waals surface area (Å²) in [5, 5.41) is 2.85. The Hall–Kier alpha value is -1.60. The number of hydrogen-bond acceptors (Lipinski definition) is 3. The molecule has 7 heteroatoms. The van der Waals surface area contributed by atoms with E-state index in [9.17, 15) is 13.2 Å². The van der Waals surface area contributed by atoms with E-state index in [1.807, 2.05) is 31.2 Å². The first-order valence-electron chi connectivity index (χ1n) is 6.94. The van der Waals surface area contributed by atoms with Crippen LogP contribution in [0.15, 0.2) is 24.3 Å². The molecule has 1 fully saturated rings. The van der Waals surface area contributed by atoms with Crippen LogP contribution in [0.3, 0.4) is 0 Å². The molecule has 1 aromatic carbocycles. The number of benzene rings is 1. The molecule has 1 heterocycles. The number of aryl methyl sites for hydroxylation is 1. The van der Waals surface area contributed by atoms with Crippen LogP contribution in [0.5, 0.6) is 0 Å². The maximum absolute atomic E-state index is 12.2. The van der Waals surface area contributed by atoms with Gasteiger partial charge >= 0.3 is 6.03 Å². The quantitative estimate of drug-likeness (QED) is 0.900. The topological polar surface area (TPSA) is 69.7 Å². The molecule has 1 N–H and O–H groups in total. The average Bonchev–Trinajstić information content (AvgIpc) is 2.63. The molecule has 0 aliphatic carbocycles. The van der Waals surface area contributed by atoms with Crippen molar-refractivity contribution in [2.45, 2.75) is 13.3 Å². The fourth-order valence-corrected chi connectivity index (χ4v) is 3.23. The van der Waals surface area contributed by atoms with Gasteiger partial charge in [0.2, 0.25) is 10.0 Å². The van der Waals surface area contributed by atoms with Crippen LogP contribution in [-0.4, -0.2) is 56.1 Å². The minimum absolute atomic E-state index is 0.184. The van der Waals surface area contributed by atoms with Crippen LogP contribution in [0.4, 0.5) is 10.5 Å². The van der Waals surface area contributed by atoms with E-state index in [1.165, 1.54) is 10.6 Å². The molecular formula is C14H21N3O3S. The third-order valence-electron chi connectivity index (χ3n) is 3.48. The zero-order chi connectivity index (χ0) is 15.5. The molecule has 0 bridgehead atoms. The lowest BCUT2D eigenvalue weighted by Gasteiger charge is -2.21. The summed E-state index contributed by atoms with van der Waals surface area (Å²) < 4.78 is 24.5. The molecule has 0 saturated carbocycles. The Morgan fingerprint density at radius 3 is 2.62 bits per heavy atom. The van der Waals surface area contributed by atoms with Gasteiger partial charge in [-0.2, -0.15) is 0 Å². The standard InChI is InChI=1S/C14H21N3O3S/c1-12-5-3-6-13(11-12)15-14(18)16-7-4-8-17(10-9-16)21(2,19)20/h3,5-6,11H,4,7-10H2,1-2H3,(H,15,18). The van der Waals surface area contributed by atoms with Gasteiger partial charge in [0, 0.05) is 31.9 Å². The molecule has 6 nitrogen and oxygen atoms in total. The van der Waals surface area contributed by atoms with E-state index in [2.05, 4.69) is 5.32 Å². The molecule has 0 unspecified atom stereocenters. The molecule has 21 heavy (non-hydrogen) atoms. The summed E-state index contributed by atoms with van der Waals surface area (Å²) >= 11 is 0. The summed E-state index contributed by atoms with van der Waals surface area (Å²) in [5.41, 5.74) is 1.83. The smallest absolute Gasteiger partial charge is 0.321 e. The molecule has 1 aromatic rings. The van der Waals surface area contributed by atoms with Gasteiger partial charge in [0.05, 0.1) is 6.26 Å². The molecular weight excluding hydrogens is 290 g/mol. The lowest BCUT2D eigenvalue weighted by Crippen LogP contribution is -2.39. The Kier molecular flexibility index (Phi) is 4.84. The van der Waals surface area contributed by atoms with Crippen LogP contribution >= 0.6 is 0 Å². The largest absolute Gasteiger partial charge is 0.323 e. The highest BCUT2D eigenvalue weighted by atomic mass is 32.2. The normalized spacial score (nSPS) is 17.3. The first-order chi connectivity index (χ1) is 9.86. The number of anilines is 1. The number of nitrogens with one attached hydrogen (secondary N) is 1. The number of rotatable bonds is 2. The molecule has 116 valence electrons. The fraction of sp³-hybridized carbons (Fsp3) is 0.500. The molecule has 1 aliphatic heterocycles. The summed E-state index contributed by atoms with van der Waals surface area (Å²) in [4.78, 5) is 13.9. The van der Waals surface area contributed by atoms with Gasteiger partial charge in [-0.15, -0.1) is 0 Å². The third kappa shape index (κ3) is 4.44. The van der Waals surface area contributed by atoms with Crippen molar-refractivity contribution in [3.8, 4) is 0 Å². The Morgan fingerprint density at radius 1 is 1.19 bits per heavy atom. The van der Waals surface area contributed by atoms with E-state index < -0.39 is 10.0 Å². The van der Waals surface area contributed by atoms with E-state index in [4.69, 9.17) is 0 Å². The van der Waals surface area contributed by atoms with Crippen molar-refractivity contribution in [2.75, 3.05) is 37.8 Å². The number of sulfonamides is 1. The molecule has 1 saturated heterocycles. The van der Waals surface area contributed by atoms with Crippen LogP contribution in [0.2, 0.25) is 0 Å². The first kappa shape index (κ1) is 15.8. The van der Waals surface area contributed by atoms with E-state index >= 15 is 0 Å². The molecule has 0 spiro atoms. The Bertz CT molecular complexity index is 616. The summed E-state index contributed by atoms with van der Waals surface area (Å²) in [6.45, 7) is 3.74. The monoisotopic (exact) mass is 311 g/mol. The zero-order valence-electron chi connectivity index (χ0n) is 12.4. The highest BCUT2D eigenvalue weighted by molar-refractivity contribution is 7.88. The van der Waals surface area contributed by atoms with Gasteiger partial charge in [-0.25, -0.2) is 17.5 Å². The van der Waals surface area contributed by atoms with Gasteiger partial charge in [0.1, 0.15) is 0 Å². The molecule has 0 aromatic heterocycles. The minimum atomic E-state index is -3.19. The van der Waals surface area contributed by atoms with Crippen molar-refractivity contribution in [1.82, 2.24) is 9.21 Å². The molecule has 2 rings (SSSR count). The lowest BCUT2D eigenvalue weighted by atomic mass is 10.2. The Morgan fingerprint density at radius 2 is 1.95 bits per heavy atom. The van der Waals surface area contributed by atoms with Gasteiger partial charge in [-0.3, -0.25) is 0 Å². The fourth-order valence-electron chi connectivity index (χ4n) is 2.35. The van der Waals surface area contributed by atoms with Crippen molar-refractivity contribution < 1.29 is 13.2 Å². The molecule has 0 radical (unpaired) electrons. The predicted octanol–water partition coefficient (Wildman–Crippen LogP) is 1.49. The highest BCUT2D eigenvalue weighted by Gasteiger charge is 2.23. The number of nitrogens with zero attached hydrogens (tertiary/aromatic N) is 2. The molecule has 1 aliphatic rings. The second-order valence-corrected chi connectivity index (χ2v) is 7.28. The number of hydrogen-bond donors (Lipinski definition) is 1. The Labute approximate surface area is 125 Å². The van der Waals surface area contributed by atoms with Crippen LogP contribution < -0.4 is 5.32 Å². The van der Waals surface area contributed by atoms with Crippen LogP contribution in [0.1, 0.15) is 12.0 Å². The highest BCUT2D eigenvalue weighted by Crippen LogP contribution is 2.12. The van der Waals surface area contributed by atoms with Crippen molar-refractivity contribution in [1.29, 1.82) is 0 Å². The second kappa shape index (κ2) is 6.44. The molecule has 2 amide bonds. The summed E-state index contributed by atoms with van der Waals surface area (Å²) in [5.74, 6) is 0. The van der Waals surface area contributed by atoms with Gasteiger partial charge in [0.15, 0.2) is 0 Å². The zero-order valence-corrected chi connectivity index (χ0v) is 13.2. The predicted molar refractivity (Wildman–Crippen MR) is 82.8 cm³/mol. The van der Waals surface area contributed by atoms with Crippen LogP contribution in [-0.2, 0) is 10.0 Å². The van der Waals surface area contributed by atoms with E-state index in [0.29, 0.717) is 32.6 Å². The van der Waals surface area contributed by atoms with Crippen molar-refractivity contribution >= 4 is 21.7 Å². The summed E-state index contributed by atoms with van der Waals surface area (Å²) in [6.07, 6.45) is 1.85. The van der Waals surface area contributed by atoms with Gasteiger partial charge < -0.3 is 10.2 Å². The lowest BCUT2D eigenvalue weighted by molar-refractivity contribution is 0.214. The van der Waals surface area contributed by atoms with Crippen molar-refractivity contribution in [3.05, 3.63) is 29.8 Å². The van der Waals surface area contributed by atoms with Gasteiger partial charge in [0.25, 0.3) is 0 Å². The third-order valence-corrected chi connectivity index (χ3v) is 4.78. The van der Waals surface area contributed by atoms with Crippen molar-refractivity contribution in [2.24, 2.45) is 0 Å². The summed E-state index contributed by atoms with van der Waals surface area (Å²) in [7, 11) is -3.19. The SMILES string of the molecule is Cc1cccc(NC(=O)N2CCCN(S(C)(=O)=O)CC2)c1. The Balaban J connectivity index is 1.97. The summed E-state index contributed by atoms with van der Waals surface area (Å²) in [6, 6.07) is 7.41. The van der Waals surface area contributed by atoms with E-state index in [0.717, 1.165) is 11.3 Å². The second-order valence-electron chi connectivity index (χ2n) is 5.30. The van der Waals surface area contributed by atoms with E-state index in [-0.39, 0.29) is 6.03 Å². The maximum Gasteiger partial charge on any atom is 0.321 e. The average molecular weight is 311 g/mol. The number of carbonyl (C=O) groups is 1. The van der Waals surface area contributed by atoms with Gasteiger partial charge in [-0.1, -0.05) is 12.1 Å². The molecule has 0 atom stereocenters. The van der Waals surface area contributed by atoms with Crippen molar-refractivity contribution in [3.63, 3.8) is 0 Å². The maximum atomic E-state index is 12.2. The minimum Gasteiger partial charge on any atom is -0.323 e. The number of urea groups is 1. The van der Waals surface area contributed by atoms with Gasteiger partial charge in [-0.05, 0) is 31.0 Å². The number of carbonyl (C=O) groups excluding carboxylic acids is 1. The number of amides is 2. The van der Waals surface area contributed by atoms with E-state index in [1.54, 1.807) is 4.90 Å².